The molecule has 6 heteroatoms. The second-order valence-electron chi connectivity index (χ2n) is 4.12. The molecule has 0 unspecified atom stereocenters. The van der Waals surface area contributed by atoms with Gasteiger partial charge in [-0.3, -0.25) is 0 Å². The van der Waals surface area contributed by atoms with Crippen molar-refractivity contribution < 1.29 is 13.2 Å². The molecule has 0 saturated carbocycles. The van der Waals surface area contributed by atoms with Crippen LogP contribution < -0.4 is 4.74 Å². The minimum Gasteiger partial charge on any atom is -0.497 e. The van der Waals surface area contributed by atoms with Crippen molar-refractivity contribution in [3.63, 3.8) is 0 Å². The lowest BCUT2D eigenvalue weighted by atomic mass is 10.3. The largest absolute Gasteiger partial charge is 0.497 e. The maximum atomic E-state index is 12.5. The number of halogens is 1. The second-order valence-corrected chi connectivity index (χ2v) is 6.85. The second kappa shape index (κ2) is 7.87. The van der Waals surface area contributed by atoms with E-state index in [2.05, 4.69) is 15.9 Å². The van der Waals surface area contributed by atoms with Gasteiger partial charge in [-0.25, -0.2) is 8.42 Å². The minimum atomic E-state index is -3.41. The van der Waals surface area contributed by atoms with Gasteiger partial charge in [-0.1, -0.05) is 29.3 Å². The Hall–Kier alpha value is -0.590. The summed E-state index contributed by atoms with van der Waals surface area (Å²) < 4.78 is 31.5. The number of benzene rings is 1. The van der Waals surface area contributed by atoms with Gasteiger partial charge in [0.2, 0.25) is 10.0 Å². The molecule has 0 heterocycles. The van der Waals surface area contributed by atoms with Gasteiger partial charge in [-0.15, -0.1) is 0 Å². The summed E-state index contributed by atoms with van der Waals surface area (Å²) >= 11 is 3.30. The van der Waals surface area contributed by atoms with E-state index in [1.54, 1.807) is 31.4 Å². The first-order valence-corrected chi connectivity index (χ1v) is 8.82. The fraction of sp³-hybridized carbons (Fsp3) is 0.538. The lowest BCUT2D eigenvalue weighted by molar-refractivity contribution is 0.413. The molecule has 0 aliphatic rings. The zero-order valence-corrected chi connectivity index (χ0v) is 13.7. The highest BCUT2D eigenvalue weighted by molar-refractivity contribution is 9.09. The van der Waals surface area contributed by atoms with Crippen LogP contribution in [-0.4, -0.2) is 38.3 Å². The Labute approximate surface area is 123 Å². The number of hydrogen-bond acceptors (Lipinski definition) is 3. The standard InChI is InChI=1S/C13H20BrNO3S/c1-3-4-10-15(11-9-14)19(16,17)13-7-5-12(18-2)6-8-13/h5-8H,3-4,9-11H2,1-2H3. The van der Waals surface area contributed by atoms with Gasteiger partial charge in [0.15, 0.2) is 0 Å². The molecule has 0 aliphatic heterocycles. The predicted molar refractivity (Wildman–Crippen MR) is 80.5 cm³/mol. The van der Waals surface area contributed by atoms with Crippen molar-refractivity contribution in [2.45, 2.75) is 24.7 Å². The zero-order valence-electron chi connectivity index (χ0n) is 11.3. The Bertz CT molecular complexity index is 473. The van der Waals surface area contributed by atoms with E-state index in [-0.39, 0.29) is 0 Å². The van der Waals surface area contributed by atoms with Crippen molar-refractivity contribution in [2.75, 3.05) is 25.5 Å². The first kappa shape index (κ1) is 16.5. The molecule has 0 radical (unpaired) electrons. The third-order valence-electron chi connectivity index (χ3n) is 2.79. The summed E-state index contributed by atoms with van der Waals surface area (Å²) in [4.78, 5) is 0.311. The normalized spacial score (nSPS) is 11.8. The third kappa shape index (κ3) is 4.47. The SMILES string of the molecule is CCCCN(CCBr)S(=O)(=O)c1ccc(OC)cc1. The van der Waals surface area contributed by atoms with Crippen LogP contribution in [-0.2, 0) is 10.0 Å². The van der Waals surface area contributed by atoms with Gasteiger partial charge in [-0.05, 0) is 30.7 Å². The molecule has 0 aliphatic carbocycles. The van der Waals surface area contributed by atoms with Crippen molar-refractivity contribution in [1.82, 2.24) is 4.31 Å². The Balaban J connectivity index is 2.96. The van der Waals surface area contributed by atoms with E-state index in [1.165, 1.54) is 4.31 Å². The van der Waals surface area contributed by atoms with Gasteiger partial charge < -0.3 is 4.74 Å². The molecule has 0 fully saturated rings. The van der Waals surface area contributed by atoms with Crippen LogP contribution in [0.4, 0.5) is 0 Å². The molecule has 0 amide bonds. The number of nitrogens with zero attached hydrogens (tertiary/aromatic N) is 1. The Morgan fingerprint density at radius 3 is 2.32 bits per heavy atom. The van der Waals surface area contributed by atoms with Gasteiger partial charge in [0.25, 0.3) is 0 Å². The maximum Gasteiger partial charge on any atom is 0.243 e. The van der Waals surface area contributed by atoms with Gasteiger partial charge >= 0.3 is 0 Å². The van der Waals surface area contributed by atoms with Crippen LogP contribution in [0.5, 0.6) is 5.75 Å². The summed E-state index contributed by atoms with van der Waals surface area (Å²) in [5.74, 6) is 0.652. The molecule has 4 nitrogen and oxygen atoms in total. The van der Waals surface area contributed by atoms with Crippen LogP contribution in [0.2, 0.25) is 0 Å². The zero-order chi connectivity index (χ0) is 14.3. The average molecular weight is 350 g/mol. The Morgan fingerprint density at radius 1 is 1.21 bits per heavy atom. The molecular weight excluding hydrogens is 330 g/mol. The fourth-order valence-electron chi connectivity index (χ4n) is 1.68. The van der Waals surface area contributed by atoms with E-state index in [0.717, 1.165) is 12.8 Å². The van der Waals surface area contributed by atoms with Gasteiger partial charge in [0, 0.05) is 18.4 Å². The number of hydrogen-bond donors (Lipinski definition) is 0. The molecule has 1 aromatic carbocycles. The molecule has 108 valence electrons. The first-order chi connectivity index (χ1) is 9.06. The monoisotopic (exact) mass is 349 g/mol. The predicted octanol–water partition coefficient (Wildman–Crippen LogP) is 2.88. The van der Waals surface area contributed by atoms with Crippen molar-refractivity contribution in [1.29, 1.82) is 0 Å². The number of sulfonamides is 1. The third-order valence-corrected chi connectivity index (χ3v) is 5.06. The number of methoxy groups -OCH3 is 1. The van der Waals surface area contributed by atoms with Gasteiger partial charge in [0.05, 0.1) is 12.0 Å². The molecule has 0 spiro atoms. The quantitative estimate of drug-likeness (QED) is 0.678. The highest BCUT2D eigenvalue weighted by Gasteiger charge is 2.23. The number of ether oxygens (including phenoxy) is 1. The van der Waals surface area contributed by atoms with Crippen LogP contribution in [0.3, 0.4) is 0 Å². The molecule has 0 aromatic heterocycles. The van der Waals surface area contributed by atoms with E-state index in [9.17, 15) is 8.42 Å². The van der Waals surface area contributed by atoms with E-state index in [0.29, 0.717) is 29.1 Å². The Kier molecular flexibility index (Phi) is 6.82. The van der Waals surface area contributed by atoms with Crippen molar-refractivity contribution in [2.24, 2.45) is 0 Å². The first-order valence-electron chi connectivity index (χ1n) is 6.26. The summed E-state index contributed by atoms with van der Waals surface area (Å²) in [7, 11) is -1.86. The van der Waals surface area contributed by atoms with E-state index < -0.39 is 10.0 Å². The van der Waals surface area contributed by atoms with Crippen LogP contribution >= 0.6 is 15.9 Å². The molecule has 19 heavy (non-hydrogen) atoms. The summed E-state index contributed by atoms with van der Waals surface area (Å²) in [5, 5.41) is 0.631. The van der Waals surface area contributed by atoms with Gasteiger partial charge in [-0.2, -0.15) is 4.31 Å². The highest BCUT2D eigenvalue weighted by Crippen LogP contribution is 2.20. The maximum absolute atomic E-state index is 12.5. The van der Waals surface area contributed by atoms with Crippen LogP contribution in [0.15, 0.2) is 29.2 Å². The molecule has 1 rings (SSSR count). The van der Waals surface area contributed by atoms with E-state index in [4.69, 9.17) is 4.74 Å². The van der Waals surface area contributed by atoms with Crippen LogP contribution in [0, 0.1) is 0 Å². The van der Waals surface area contributed by atoms with E-state index >= 15 is 0 Å². The smallest absolute Gasteiger partial charge is 0.243 e. The Morgan fingerprint density at radius 2 is 1.84 bits per heavy atom. The lowest BCUT2D eigenvalue weighted by Crippen LogP contribution is -2.33. The number of rotatable bonds is 8. The molecule has 0 atom stereocenters. The average Bonchev–Trinajstić information content (AvgIpc) is 2.43. The van der Waals surface area contributed by atoms with Crippen molar-refractivity contribution in [3.8, 4) is 5.75 Å². The summed E-state index contributed by atoms with van der Waals surface area (Å²) in [6, 6.07) is 6.50. The minimum absolute atomic E-state index is 0.311. The van der Waals surface area contributed by atoms with Crippen molar-refractivity contribution >= 4 is 26.0 Å². The van der Waals surface area contributed by atoms with Crippen molar-refractivity contribution in [3.05, 3.63) is 24.3 Å². The summed E-state index contributed by atoms with van der Waals surface area (Å²) in [6.45, 7) is 3.08. The lowest BCUT2D eigenvalue weighted by Gasteiger charge is -2.21. The van der Waals surface area contributed by atoms with Crippen LogP contribution in [0.1, 0.15) is 19.8 Å². The molecule has 0 bridgehead atoms. The van der Waals surface area contributed by atoms with Gasteiger partial charge in [0.1, 0.15) is 5.75 Å². The molecule has 0 saturated heterocycles. The molecule has 1 aromatic rings. The van der Waals surface area contributed by atoms with E-state index in [1.807, 2.05) is 6.92 Å². The topological polar surface area (TPSA) is 46.6 Å². The summed E-state index contributed by atoms with van der Waals surface area (Å²) in [5.41, 5.74) is 0. The summed E-state index contributed by atoms with van der Waals surface area (Å²) in [6.07, 6.45) is 1.83. The van der Waals surface area contributed by atoms with Crippen LogP contribution in [0.25, 0.3) is 0 Å². The number of alkyl halides is 1. The highest BCUT2D eigenvalue weighted by atomic mass is 79.9. The molecular formula is C13H20BrNO3S. The number of unbranched alkanes of at least 4 members (excludes halogenated alkanes) is 1. The fourth-order valence-corrected chi connectivity index (χ4v) is 3.82. The molecule has 0 N–H and O–H groups in total.